The predicted molar refractivity (Wildman–Crippen MR) is 114 cm³/mol. The van der Waals surface area contributed by atoms with E-state index in [9.17, 15) is 14.4 Å². The van der Waals surface area contributed by atoms with Gasteiger partial charge in [0, 0.05) is 44.5 Å². The van der Waals surface area contributed by atoms with Gasteiger partial charge in [-0.25, -0.2) is 23.6 Å². The van der Waals surface area contributed by atoms with Gasteiger partial charge in [0.2, 0.25) is 5.91 Å². The van der Waals surface area contributed by atoms with Gasteiger partial charge in [0.25, 0.3) is 5.91 Å². The van der Waals surface area contributed by atoms with Crippen molar-refractivity contribution >= 4 is 29.3 Å². The van der Waals surface area contributed by atoms with Crippen LogP contribution in [-0.2, 0) is 14.4 Å². The van der Waals surface area contributed by atoms with Crippen molar-refractivity contribution in [3.63, 3.8) is 0 Å². The average molecular weight is 476 g/mol. The highest BCUT2D eigenvalue weighted by atomic mass is 19.1. The fourth-order valence-electron chi connectivity index (χ4n) is 3.68. The molecule has 1 aromatic carbocycles. The summed E-state index contributed by atoms with van der Waals surface area (Å²) < 4.78 is 35.2. The quantitative estimate of drug-likeness (QED) is 0.682. The van der Waals surface area contributed by atoms with E-state index >= 15 is 8.78 Å². The molecule has 13 heteroatoms. The number of rotatable bonds is 5. The molecule has 0 saturated carbocycles. The molecule has 2 fully saturated rings. The molecule has 0 radical (unpaired) electrons. The molecule has 0 unspecified atom stereocenters. The third kappa shape index (κ3) is 5.03. The fraction of sp³-hybridized carbons (Fsp3) is 0.381. The molecule has 11 nitrogen and oxygen atoms in total. The number of amides is 3. The molecular formula is C21H22F2N6O5. The van der Waals surface area contributed by atoms with Gasteiger partial charge in [0.15, 0.2) is 11.6 Å². The summed E-state index contributed by atoms with van der Waals surface area (Å²) in [6.07, 6.45) is 2.71. The number of cyclic esters (lactones) is 1. The van der Waals surface area contributed by atoms with Crippen molar-refractivity contribution in [3.8, 4) is 0 Å². The number of hydroxylamine groups is 2. The number of hydrogen-bond acceptors (Lipinski definition) is 8. The maximum absolute atomic E-state index is 15.0. The highest BCUT2D eigenvalue weighted by molar-refractivity contribution is 5.91. The van der Waals surface area contributed by atoms with Crippen LogP contribution in [0.5, 0.6) is 0 Å². The molecular weight excluding hydrogens is 454 g/mol. The highest BCUT2D eigenvalue weighted by Gasteiger charge is 2.34. The van der Waals surface area contributed by atoms with Crippen molar-refractivity contribution in [2.75, 3.05) is 49.1 Å². The maximum atomic E-state index is 15.0. The zero-order chi connectivity index (χ0) is 24.2. The van der Waals surface area contributed by atoms with Crippen molar-refractivity contribution in [1.82, 2.24) is 20.3 Å². The maximum Gasteiger partial charge on any atom is 0.414 e. The number of halogens is 2. The van der Waals surface area contributed by atoms with Crippen molar-refractivity contribution < 1.29 is 32.7 Å². The molecule has 1 aromatic heterocycles. The van der Waals surface area contributed by atoms with Gasteiger partial charge in [-0.05, 0) is 0 Å². The SMILES string of the molecule is CC(=O)NC[C@H]1CN(c2cc(F)c(N3CCON(C(=O)c4cnccn4)CC3)c(F)c2)C(=O)O1. The minimum Gasteiger partial charge on any atom is -0.442 e. The third-order valence-corrected chi connectivity index (χ3v) is 5.27. The van der Waals surface area contributed by atoms with Crippen molar-refractivity contribution in [2.24, 2.45) is 0 Å². The van der Waals surface area contributed by atoms with Gasteiger partial charge < -0.3 is 15.0 Å². The van der Waals surface area contributed by atoms with Crippen LogP contribution < -0.4 is 15.1 Å². The first-order chi connectivity index (χ1) is 16.3. The van der Waals surface area contributed by atoms with E-state index in [-0.39, 0.29) is 62.3 Å². The van der Waals surface area contributed by atoms with E-state index in [1.165, 1.54) is 30.4 Å². The molecule has 1 atom stereocenters. The van der Waals surface area contributed by atoms with Gasteiger partial charge in [-0.3, -0.25) is 24.3 Å². The van der Waals surface area contributed by atoms with E-state index in [1.807, 2.05) is 0 Å². The Kier molecular flexibility index (Phi) is 6.82. The Balaban J connectivity index is 1.45. The lowest BCUT2D eigenvalue weighted by Crippen LogP contribution is -2.35. The van der Waals surface area contributed by atoms with Crippen LogP contribution in [0.15, 0.2) is 30.7 Å². The summed E-state index contributed by atoms with van der Waals surface area (Å²) in [5.74, 6) is -2.54. The molecule has 2 aliphatic heterocycles. The number of carbonyl (C=O) groups excluding carboxylic acids is 3. The zero-order valence-corrected chi connectivity index (χ0v) is 18.2. The van der Waals surface area contributed by atoms with Crippen molar-refractivity contribution in [3.05, 3.63) is 48.1 Å². The van der Waals surface area contributed by atoms with E-state index in [0.717, 1.165) is 22.1 Å². The topological polar surface area (TPSA) is 117 Å². The number of nitrogens with zero attached hydrogens (tertiary/aromatic N) is 5. The number of hydrogen-bond donors (Lipinski definition) is 1. The van der Waals surface area contributed by atoms with Gasteiger partial charge in [-0.1, -0.05) is 0 Å². The van der Waals surface area contributed by atoms with Gasteiger partial charge in [0.05, 0.1) is 38.1 Å². The van der Waals surface area contributed by atoms with Gasteiger partial charge in [-0.2, -0.15) is 0 Å². The van der Waals surface area contributed by atoms with Crippen LogP contribution in [-0.4, -0.2) is 78.4 Å². The van der Waals surface area contributed by atoms with Crippen LogP contribution in [0.2, 0.25) is 0 Å². The number of ether oxygens (including phenoxy) is 1. The number of benzene rings is 1. The standard InChI is InChI=1S/C21H22F2N6O5/c1-13(30)26-10-15-12-28(21(32)34-15)14-8-16(22)19(17(23)9-14)27-4-5-29(33-7-6-27)20(31)18-11-24-2-3-25-18/h2-3,8-9,11,15H,4-7,10,12H2,1H3,(H,26,30)/t15-/m0/s1. The molecule has 0 aliphatic carbocycles. The van der Waals surface area contributed by atoms with E-state index < -0.39 is 29.7 Å². The molecule has 2 aliphatic rings. The molecule has 34 heavy (non-hydrogen) atoms. The molecule has 0 spiro atoms. The smallest absolute Gasteiger partial charge is 0.414 e. The summed E-state index contributed by atoms with van der Waals surface area (Å²) in [4.78, 5) is 51.5. The van der Waals surface area contributed by atoms with Crippen molar-refractivity contribution in [1.29, 1.82) is 0 Å². The summed E-state index contributed by atoms with van der Waals surface area (Å²) in [6, 6.07) is 2.10. The summed E-state index contributed by atoms with van der Waals surface area (Å²) in [7, 11) is 0. The normalized spacial score (nSPS) is 18.5. The lowest BCUT2D eigenvalue weighted by molar-refractivity contribution is -0.119. The van der Waals surface area contributed by atoms with Crippen LogP contribution >= 0.6 is 0 Å². The number of anilines is 2. The monoisotopic (exact) mass is 476 g/mol. The summed E-state index contributed by atoms with van der Waals surface area (Å²) in [6.45, 7) is 1.74. The Morgan fingerprint density at radius 2 is 1.94 bits per heavy atom. The summed E-state index contributed by atoms with van der Waals surface area (Å²) >= 11 is 0. The number of nitrogens with one attached hydrogen (secondary N) is 1. The molecule has 4 rings (SSSR count). The third-order valence-electron chi connectivity index (χ3n) is 5.27. The Bertz CT molecular complexity index is 1070. The predicted octanol–water partition coefficient (Wildman–Crippen LogP) is 1.11. The fourth-order valence-corrected chi connectivity index (χ4v) is 3.68. The second-order valence-corrected chi connectivity index (χ2v) is 7.63. The Labute approximate surface area is 193 Å². The first kappa shape index (κ1) is 23.3. The highest BCUT2D eigenvalue weighted by Crippen LogP contribution is 2.31. The minimum absolute atomic E-state index is 0.000367. The van der Waals surface area contributed by atoms with Gasteiger partial charge in [0.1, 0.15) is 17.5 Å². The molecule has 3 amide bonds. The van der Waals surface area contributed by atoms with E-state index in [1.54, 1.807) is 0 Å². The number of aromatic nitrogens is 2. The second-order valence-electron chi connectivity index (χ2n) is 7.63. The summed E-state index contributed by atoms with van der Waals surface area (Å²) in [5, 5.41) is 3.62. The zero-order valence-electron chi connectivity index (χ0n) is 18.2. The molecule has 2 saturated heterocycles. The Morgan fingerprint density at radius 3 is 2.62 bits per heavy atom. The summed E-state index contributed by atoms with van der Waals surface area (Å²) in [5.41, 5.74) is -0.199. The molecule has 180 valence electrons. The van der Waals surface area contributed by atoms with Crippen LogP contribution in [0.4, 0.5) is 25.0 Å². The first-order valence-electron chi connectivity index (χ1n) is 10.5. The Morgan fingerprint density at radius 1 is 1.18 bits per heavy atom. The first-order valence-corrected chi connectivity index (χ1v) is 10.5. The van der Waals surface area contributed by atoms with Crippen LogP contribution in [0.1, 0.15) is 17.4 Å². The van der Waals surface area contributed by atoms with E-state index in [4.69, 9.17) is 9.57 Å². The van der Waals surface area contributed by atoms with Gasteiger partial charge >= 0.3 is 6.09 Å². The minimum atomic E-state index is -0.873. The largest absolute Gasteiger partial charge is 0.442 e. The molecule has 3 heterocycles. The van der Waals surface area contributed by atoms with Crippen LogP contribution in [0.25, 0.3) is 0 Å². The van der Waals surface area contributed by atoms with E-state index in [0.29, 0.717) is 0 Å². The van der Waals surface area contributed by atoms with Crippen molar-refractivity contribution in [2.45, 2.75) is 13.0 Å². The molecule has 2 aromatic rings. The number of carbonyl (C=O) groups is 3. The molecule has 1 N–H and O–H groups in total. The average Bonchev–Trinajstić information content (AvgIpc) is 3.02. The van der Waals surface area contributed by atoms with Crippen LogP contribution in [0, 0.1) is 11.6 Å². The second kappa shape index (κ2) is 9.95. The van der Waals surface area contributed by atoms with E-state index in [2.05, 4.69) is 15.3 Å². The lowest BCUT2D eigenvalue weighted by Gasteiger charge is -2.24. The molecule has 0 bridgehead atoms. The van der Waals surface area contributed by atoms with Gasteiger partial charge in [-0.15, -0.1) is 0 Å². The van der Waals surface area contributed by atoms with Crippen LogP contribution in [0.3, 0.4) is 0 Å². The Hall–Kier alpha value is -3.87. The lowest BCUT2D eigenvalue weighted by atomic mass is 10.2.